The van der Waals surface area contributed by atoms with E-state index in [2.05, 4.69) is 10.2 Å². The average molecular weight is 254 g/mol. The van der Waals surface area contributed by atoms with Crippen molar-refractivity contribution in [3.8, 4) is 0 Å². The highest BCUT2D eigenvalue weighted by Crippen LogP contribution is 2.09. The van der Waals surface area contributed by atoms with Crippen molar-refractivity contribution in [3.63, 3.8) is 0 Å². The number of hydrogen-bond acceptors (Lipinski definition) is 2. The fraction of sp³-hybridized carbons (Fsp3) is 0.571. The molecule has 1 aromatic carbocycles. The van der Waals surface area contributed by atoms with Crippen molar-refractivity contribution >= 4 is 0 Å². The van der Waals surface area contributed by atoms with Gasteiger partial charge in [0.1, 0.15) is 0 Å². The number of rotatable bonds is 6. The lowest BCUT2D eigenvalue weighted by molar-refractivity contribution is 0.331. The molecule has 18 heavy (non-hydrogen) atoms. The van der Waals surface area contributed by atoms with Crippen molar-refractivity contribution in [1.29, 1.82) is 0 Å². The molecule has 0 atom stereocenters. The Labute approximate surface area is 107 Å². The van der Waals surface area contributed by atoms with E-state index < -0.39 is 11.6 Å². The SMILES string of the molecule is Fc1ccc(CNCCCN2CCCC2)cc1F. The van der Waals surface area contributed by atoms with Gasteiger partial charge in [0.15, 0.2) is 11.6 Å². The van der Waals surface area contributed by atoms with E-state index in [9.17, 15) is 8.78 Å². The maximum Gasteiger partial charge on any atom is 0.159 e. The average Bonchev–Trinajstić information content (AvgIpc) is 2.86. The molecule has 0 spiro atoms. The van der Waals surface area contributed by atoms with Crippen LogP contribution in [-0.2, 0) is 6.54 Å². The molecule has 2 nitrogen and oxygen atoms in total. The number of nitrogens with one attached hydrogen (secondary N) is 1. The molecular formula is C14H20F2N2. The van der Waals surface area contributed by atoms with Crippen molar-refractivity contribution in [3.05, 3.63) is 35.4 Å². The summed E-state index contributed by atoms with van der Waals surface area (Å²) >= 11 is 0. The molecule has 1 aromatic rings. The zero-order valence-electron chi connectivity index (χ0n) is 10.6. The minimum atomic E-state index is -0.784. The van der Waals surface area contributed by atoms with Crippen LogP contribution in [0.25, 0.3) is 0 Å². The molecule has 0 saturated carbocycles. The van der Waals surface area contributed by atoms with E-state index in [1.54, 1.807) is 6.07 Å². The fourth-order valence-corrected chi connectivity index (χ4v) is 2.32. The standard InChI is InChI=1S/C14H20F2N2/c15-13-5-4-12(10-14(13)16)11-17-6-3-9-18-7-1-2-8-18/h4-5,10,17H,1-3,6-9,11H2. The lowest BCUT2D eigenvalue weighted by Gasteiger charge is -2.14. The van der Waals surface area contributed by atoms with Crippen molar-refractivity contribution in [2.24, 2.45) is 0 Å². The highest BCUT2D eigenvalue weighted by atomic mass is 19.2. The summed E-state index contributed by atoms with van der Waals surface area (Å²) in [5.41, 5.74) is 0.787. The zero-order valence-corrected chi connectivity index (χ0v) is 10.6. The van der Waals surface area contributed by atoms with E-state index in [1.165, 1.54) is 38.1 Å². The van der Waals surface area contributed by atoms with Gasteiger partial charge in [0.2, 0.25) is 0 Å². The van der Waals surface area contributed by atoms with Gasteiger partial charge in [-0.25, -0.2) is 8.78 Å². The van der Waals surface area contributed by atoms with Gasteiger partial charge < -0.3 is 10.2 Å². The first-order chi connectivity index (χ1) is 8.75. The molecule has 0 unspecified atom stereocenters. The Morgan fingerprint density at radius 1 is 1.11 bits per heavy atom. The van der Waals surface area contributed by atoms with E-state index in [1.807, 2.05) is 0 Å². The van der Waals surface area contributed by atoms with Crippen LogP contribution >= 0.6 is 0 Å². The Hall–Kier alpha value is -1.00. The first-order valence-electron chi connectivity index (χ1n) is 6.63. The predicted molar refractivity (Wildman–Crippen MR) is 68.4 cm³/mol. The van der Waals surface area contributed by atoms with Gasteiger partial charge in [-0.3, -0.25) is 0 Å². The van der Waals surface area contributed by atoms with Crippen LogP contribution in [0.4, 0.5) is 8.78 Å². The minimum Gasteiger partial charge on any atom is -0.313 e. The topological polar surface area (TPSA) is 15.3 Å². The van der Waals surface area contributed by atoms with Crippen LogP contribution in [0.3, 0.4) is 0 Å². The zero-order chi connectivity index (χ0) is 12.8. The summed E-state index contributed by atoms with van der Waals surface area (Å²) in [5, 5.41) is 3.26. The van der Waals surface area contributed by atoms with Gasteiger partial charge in [0.25, 0.3) is 0 Å². The Morgan fingerprint density at radius 3 is 2.61 bits per heavy atom. The molecule has 100 valence electrons. The normalized spacial score (nSPS) is 16.3. The third-order valence-electron chi connectivity index (χ3n) is 3.34. The Kier molecular flexibility index (Phi) is 5.08. The second-order valence-electron chi connectivity index (χ2n) is 4.83. The summed E-state index contributed by atoms with van der Waals surface area (Å²) in [7, 11) is 0. The Balaban J connectivity index is 1.61. The van der Waals surface area contributed by atoms with Gasteiger partial charge in [0.05, 0.1) is 0 Å². The quantitative estimate of drug-likeness (QED) is 0.785. The van der Waals surface area contributed by atoms with Gasteiger partial charge in [-0.1, -0.05) is 6.07 Å². The second-order valence-corrected chi connectivity index (χ2v) is 4.83. The van der Waals surface area contributed by atoms with Crippen LogP contribution in [0.2, 0.25) is 0 Å². The molecule has 1 fully saturated rings. The van der Waals surface area contributed by atoms with E-state index >= 15 is 0 Å². The minimum absolute atomic E-state index is 0.594. The monoisotopic (exact) mass is 254 g/mol. The van der Waals surface area contributed by atoms with Crippen LogP contribution in [-0.4, -0.2) is 31.1 Å². The first-order valence-corrected chi connectivity index (χ1v) is 6.63. The Morgan fingerprint density at radius 2 is 1.89 bits per heavy atom. The summed E-state index contributed by atoms with van der Waals surface area (Å²) in [6.07, 6.45) is 3.74. The summed E-state index contributed by atoms with van der Waals surface area (Å²) in [6, 6.07) is 4.05. The van der Waals surface area contributed by atoms with E-state index in [0.29, 0.717) is 6.54 Å². The van der Waals surface area contributed by atoms with E-state index in [4.69, 9.17) is 0 Å². The lowest BCUT2D eigenvalue weighted by atomic mass is 10.2. The number of likely N-dealkylation sites (tertiary alicyclic amines) is 1. The van der Waals surface area contributed by atoms with Crippen LogP contribution < -0.4 is 5.32 Å². The molecule has 1 aliphatic rings. The van der Waals surface area contributed by atoms with Crippen molar-refractivity contribution in [2.45, 2.75) is 25.8 Å². The van der Waals surface area contributed by atoms with Gasteiger partial charge in [-0.2, -0.15) is 0 Å². The van der Waals surface area contributed by atoms with Crippen LogP contribution in [0.15, 0.2) is 18.2 Å². The third kappa shape index (κ3) is 4.03. The number of benzene rings is 1. The third-order valence-corrected chi connectivity index (χ3v) is 3.34. The van der Waals surface area contributed by atoms with Crippen LogP contribution in [0.5, 0.6) is 0 Å². The molecule has 1 saturated heterocycles. The fourth-order valence-electron chi connectivity index (χ4n) is 2.32. The molecule has 0 aliphatic carbocycles. The van der Waals surface area contributed by atoms with Crippen LogP contribution in [0, 0.1) is 11.6 Å². The smallest absolute Gasteiger partial charge is 0.159 e. The summed E-state index contributed by atoms with van der Waals surface area (Å²) in [5.74, 6) is -1.56. The van der Waals surface area contributed by atoms with Crippen molar-refractivity contribution in [2.75, 3.05) is 26.2 Å². The van der Waals surface area contributed by atoms with E-state index in [-0.39, 0.29) is 0 Å². The molecule has 1 N–H and O–H groups in total. The maximum absolute atomic E-state index is 12.9. The van der Waals surface area contributed by atoms with Gasteiger partial charge in [-0.05, 0) is 63.1 Å². The van der Waals surface area contributed by atoms with Crippen molar-refractivity contribution < 1.29 is 8.78 Å². The largest absolute Gasteiger partial charge is 0.313 e. The number of nitrogens with zero attached hydrogens (tertiary/aromatic N) is 1. The molecule has 2 rings (SSSR count). The van der Waals surface area contributed by atoms with Gasteiger partial charge >= 0.3 is 0 Å². The molecule has 0 aromatic heterocycles. The highest BCUT2D eigenvalue weighted by molar-refractivity contribution is 5.17. The van der Waals surface area contributed by atoms with Gasteiger partial charge in [0, 0.05) is 6.54 Å². The first kappa shape index (κ1) is 13.4. The predicted octanol–water partition coefficient (Wildman–Crippen LogP) is 2.54. The molecular weight excluding hydrogens is 234 g/mol. The Bertz CT molecular complexity index is 376. The number of halogens is 2. The molecule has 1 aliphatic heterocycles. The maximum atomic E-state index is 12.9. The second kappa shape index (κ2) is 6.81. The molecule has 0 radical (unpaired) electrons. The molecule has 1 heterocycles. The molecule has 0 bridgehead atoms. The van der Waals surface area contributed by atoms with Crippen molar-refractivity contribution in [1.82, 2.24) is 10.2 Å². The summed E-state index contributed by atoms with van der Waals surface area (Å²) in [6.45, 7) is 5.09. The summed E-state index contributed by atoms with van der Waals surface area (Å²) < 4.78 is 25.7. The summed E-state index contributed by atoms with van der Waals surface area (Å²) in [4.78, 5) is 2.47. The molecule has 0 amide bonds. The number of hydrogen-bond donors (Lipinski definition) is 1. The molecule has 4 heteroatoms. The highest BCUT2D eigenvalue weighted by Gasteiger charge is 2.09. The lowest BCUT2D eigenvalue weighted by Crippen LogP contribution is -2.24. The van der Waals surface area contributed by atoms with Crippen LogP contribution in [0.1, 0.15) is 24.8 Å². The van der Waals surface area contributed by atoms with E-state index in [0.717, 1.165) is 25.1 Å². The van der Waals surface area contributed by atoms with Gasteiger partial charge in [-0.15, -0.1) is 0 Å².